The molecule has 436 valence electrons. The molecule has 1 atom stereocenters. The third-order valence-electron chi connectivity index (χ3n) is 16.6. The summed E-state index contributed by atoms with van der Waals surface area (Å²) in [4.78, 5) is 0. The van der Waals surface area contributed by atoms with Gasteiger partial charge in [-0.2, -0.15) is 0 Å². The number of fused-ring (bicyclic) bond motifs is 3. The summed E-state index contributed by atoms with van der Waals surface area (Å²) in [6.07, 6.45) is 1.22. The molecule has 6 aromatic rings. The van der Waals surface area contributed by atoms with Crippen LogP contribution in [-0.4, -0.2) is 26.0 Å². The van der Waals surface area contributed by atoms with E-state index in [1.54, 1.807) is 0 Å². The first kappa shape index (κ1) is 62.0. The van der Waals surface area contributed by atoms with E-state index in [1.165, 1.54) is 22.3 Å². The summed E-state index contributed by atoms with van der Waals surface area (Å²) in [6, 6.07) is 24.5. The normalized spacial score (nSPS) is 19.3. The number of hydrogen-bond acceptors (Lipinski definition) is 7. The van der Waals surface area contributed by atoms with Crippen LogP contribution in [0.5, 0.6) is 11.5 Å². The van der Waals surface area contributed by atoms with Crippen LogP contribution in [0.25, 0.3) is 33.1 Å². The first-order valence-corrected chi connectivity index (χ1v) is 31.9. The minimum absolute atomic E-state index is 0.137. The second-order valence-electron chi connectivity index (χ2n) is 31.9. The van der Waals surface area contributed by atoms with Gasteiger partial charge < -0.3 is 31.4 Å². The van der Waals surface area contributed by atoms with Crippen LogP contribution in [-0.2, 0) is 57.3 Å². The monoisotopic (exact) mass is 1130 g/mol. The smallest absolute Gasteiger partial charge is 0.446 e. The predicted molar refractivity (Wildman–Crippen MR) is 340 cm³/mol. The lowest BCUT2D eigenvalue weighted by molar-refractivity contribution is -0.241. The molecule has 1 spiro atoms. The van der Waals surface area contributed by atoms with Crippen molar-refractivity contribution in [2.24, 2.45) is 5.41 Å². The van der Waals surface area contributed by atoms with Crippen LogP contribution >= 0.6 is 16.6 Å². The van der Waals surface area contributed by atoms with E-state index in [9.17, 15) is 0 Å². The Bertz CT molecular complexity index is 3210. The molecule has 7 nitrogen and oxygen atoms in total. The maximum absolute atomic E-state index is 7.95. The van der Waals surface area contributed by atoms with Gasteiger partial charge in [0.15, 0.2) is 6.29 Å². The van der Waals surface area contributed by atoms with Gasteiger partial charge in [0.1, 0.15) is 22.7 Å². The Labute approximate surface area is 485 Å². The second-order valence-corrected chi connectivity index (χ2v) is 34.5. The molecule has 9 heteroatoms. The molecule has 1 aromatic heterocycles. The quantitative estimate of drug-likeness (QED) is 0.154. The van der Waals surface area contributed by atoms with E-state index >= 15 is 0 Å². The fourth-order valence-corrected chi connectivity index (χ4v) is 14.4. The Morgan fingerprint density at radius 3 is 1.18 bits per heavy atom. The summed E-state index contributed by atoms with van der Waals surface area (Å²) in [6.45, 7) is 61.6. The van der Waals surface area contributed by atoms with Crippen molar-refractivity contribution in [1.82, 2.24) is 0 Å². The van der Waals surface area contributed by atoms with Gasteiger partial charge in [0.2, 0.25) is 8.38 Å². The summed E-state index contributed by atoms with van der Waals surface area (Å²) < 4.78 is 50.7. The van der Waals surface area contributed by atoms with Crippen molar-refractivity contribution in [3.05, 3.63) is 128 Å². The van der Waals surface area contributed by atoms with Crippen LogP contribution in [0.4, 0.5) is 0 Å². The van der Waals surface area contributed by atoms with E-state index in [0.717, 1.165) is 96.1 Å². The van der Waals surface area contributed by atoms with E-state index in [-0.39, 0.29) is 55.0 Å². The van der Waals surface area contributed by atoms with Gasteiger partial charge in [-0.05, 0) is 109 Å². The van der Waals surface area contributed by atoms with Crippen molar-refractivity contribution in [2.45, 2.75) is 236 Å². The first-order chi connectivity index (χ1) is 36.5. The maximum Gasteiger partial charge on any atom is 0.453 e. The highest BCUT2D eigenvalue weighted by Gasteiger charge is 2.44. The molecule has 0 bridgehead atoms. The summed E-state index contributed by atoms with van der Waals surface area (Å²) in [5, 5.41) is 2.08. The topological polar surface area (TPSA) is 72.4 Å². The lowest BCUT2D eigenvalue weighted by atomic mass is 9.72. The fourth-order valence-electron chi connectivity index (χ4n) is 11.6. The molecule has 2 aliphatic rings. The molecule has 0 amide bonds. The van der Waals surface area contributed by atoms with E-state index in [0.29, 0.717) is 19.8 Å². The van der Waals surface area contributed by atoms with Crippen molar-refractivity contribution < 1.29 is 31.4 Å². The standard InChI is InChI=1S/C71H100O7P2/c1-43-50(65(9,10)11)38-54(69(21,22)23)60(75-79-33-32-71(42-74-79)40-72-62(73-41-71)45-30-28-27-29-31-45)56(43)57-44(2)51(66(12,13)14)39-55(70(24,25)26)61(57)78-80-76-58-48(34-46(63(3,4)5)36-52(58)67(15,16)17)49-35-47(64(6,7)8)37-53(59(49)77-80)68(18,19)20/h27-31,34-39,62H,32-33,40-42H2,1-26H3. The molecule has 1 unspecified atom stereocenters. The van der Waals surface area contributed by atoms with Gasteiger partial charge in [-0.1, -0.05) is 221 Å². The lowest BCUT2D eigenvalue weighted by Gasteiger charge is -2.43. The van der Waals surface area contributed by atoms with Crippen molar-refractivity contribution in [2.75, 3.05) is 26.0 Å². The number of benzene rings is 5. The molecule has 8 rings (SSSR count). The zero-order valence-corrected chi connectivity index (χ0v) is 56.0. The molecule has 2 aliphatic heterocycles. The van der Waals surface area contributed by atoms with Gasteiger partial charge in [0.25, 0.3) is 0 Å². The summed E-state index contributed by atoms with van der Waals surface area (Å²) in [5.74, 6) is 1.61. The van der Waals surface area contributed by atoms with Crippen LogP contribution in [0.2, 0.25) is 0 Å². The molecular weight excluding hydrogens is 1030 g/mol. The van der Waals surface area contributed by atoms with Gasteiger partial charge >= 0.3 is 8.24 Å². The molecule has 0 radical (unpaired) electrons. The molecule has 0 saturated carbocycles. The Morgan fingerprint density at radius 1 is 0.438 bits per heavy atom. The zero-order chi connectivity index (χ0) is 59.5. The summed E-state index contributed by atoms with van der Waals surface area (Å²) in [5.41, 5.74) is 14.2. The summed E-state index contributed by atoms with van der Waals surface area (Å²) >= 11 is 0. The number of hydrogen-bond donors (Lipinski definition) is 0. The largest absolute Gasteiger partial charge is 0.453 e. The molecule has 80 heavy (non-hydrogen) atoms. The van der Waals surface area contributed by atoms with Crippen molar-refractivity contribution in [3.63, 3.8) is 0 Å². The predicted octanol–water partition coefficient (Wildman–Crippen LogP) is 21.6. The van der Waals surface area contributed by atoms with E-state index in [1.807, 2.05) is 18.2 Å². The maximum atomic E-state index is 7.95. The highest BCUT2D eigenvalue weighted by Crippen LogP contribution is 2.59. The van der Waals surface area contributed by atoms with E-state index < -0.39 is 16.6 Å². The molecular formula is C71H100O7P2. The van der Waals surface area contributed by atoms with E-state index in [2.05, 4.69) is 229 Å². The lowest BCUT2D eigenvalue weighted by Crippen LogP contribution is -2.44. The second kappa shape index (κ2) is 21.2. The number of rotatable bonds is 6. The molecule has 2 saturated heterocycles. The molecule has 0 aliphatic carbocycles. The van der Waals surface area contributed by atoms with E-state index in [4.69, 9.17) is 31.4 Å². The van der Waals surface area contributed by atoms with Crippen LogP contribution in [0.1, 0.15) is 240 Å². The van der Waals surface area contributed by atoms with Crippen LogP contribution < -0.4 is 9.05 Å². The Kier molecular flexibility index (Phi) is 16.4. The Balaban J connectivity index is 1.46. The van der Waals surface area contributed by atoms with Crippen LogP contribution in [0.3, 0.4) is 0 Å². The fraction of sp³-hybridized carbons (Fsp3) is 0.577. The average Bonchev–Trinajstić information content (AvgIpc) is 3.46. The average molecular weight is 1130 g/mol. The minimum atomic E-state index is -2.18. The molecule has 5 aromatic carbocycles. The Morgan fingerprint density at radius 2 is 0.825 bits per heavy atom. The van der Waals surface area contributed by atoms with Crippen LogP contribution in [0.15, 0.2) is 75.1 Å². The van der Waals surface area contributed by atoms with Crippen molar-refractivity contribution in [3.8, 4) is 22.6 Å². The van der Waals surface area contributed by atoms with Gasteiger partial charge in [-0.25, -0.2) is 0 Å². The van der Waals surface area contributed by atoms with Crippen LogP contribution in [0, 0.1) is 19.3 Å². The van der Waals surface area contributed by atoms with Crippen molar-refractivity contribution in [1.29, 1.82) is 0 Å². The Hall–Kier alpha value is -4.09. The molecule has 3 heterocycles. The minimum Gasteiger partial charge on any atom is -0.446 e. The zero-order valence-electron chi connectivity index (χ0n) is 54.2. The number of ether oxygens (including phenoxy) is 2. The molecule has 0 N–H and O–H groups in total. The van der Waals surface area contributed by atoms with Gasteiger partial charge in [-0.3, -0.25) is 0 Å². The van der Waals surface area contributed by atoms with Gasteiger partial charge in [0.05, 0.1) is 19.8 Å². The molecule has 2 fully saturated rings. The highest BCUT2D eigenvalue weighted by molar-refractivity contribution is 7.47. The van der Waals surface area contributed by atoms with Crippen molar-refractivity contribution >= 4 is 38.6 Å². The van der Waals surface area contributed by atoms with Gasteiger partial charge in [0, 0.05) is 61.3 Å². The first-order valence-electron chi connectivity index (χ1n) is 29.5. The highest BCUT2D eigenvalue weighted by atomic mass is 31.2. The summed E-state index contributed by atoms with van der Waals surface area (Å²) in [7, 11) is -3.56. The van der Waals surface area contributed by atoms with Gasteiger partial charge in [-0.15, -0.1) is 0 Å². The third kappa shape index (κ3) is 12.7. The SMILES string of the molecule is Cc1c(C(C)(C)C)cc(C(C)(C)C)c(OP2CCC3(COC(c4ccccc4)OC3)CO2)c1-c1c(C)c(C(C)(C)C)cc(C(C)(C)C)c1Op1oc2c(C(C)(C)C)cc(C(C)(C)C)cc2c2cc(C(C)(C)C)cc(C(C)(C)C)c2o1. The third-order valence-corrected chi connectivity index (χ3v) is 18.9.